The van der Waals surface area contributed by atoms with Gasteiger partial charge in [0.1, 0.15) is 17.9 Å². The summed E-state index contributed by atoms with van der Waals surface area (Å²) >= 11 is 0. The number of hydrogen-bond acceptors (Lipinski definition) is 6. The molecule has 3 aromatic rings. The molecule has 2 aromatic heterocycles. The topological polar surface area (TPSA) is 80.5 Å². The number of benzene rings is 1. The molecule has 3 rings (SSSR count). The first kappa shape index (κ1) is 18.1. The third-order valence-corrected chi connectivity index (χ3v) is 5.86. The highest BCUT2D eigenvalue weighted by atomic mass is 32.2. The predicted octanol–water partition coefficient (Wildman–Crippen LogP) is 4.33. The molecule has 26 heavy (non-hydrogen) atoms. The summed E-state index contributed by atoms with van der Waals surface area (Å²) in [6, 6.07) is 11.6. The van der Waals surface area contributed by atoms with Gasteiger partial charge in [0.25, 0.3) is 0 Å². The van der Waals surface area contributed by atoms with Gasteiger partial charge in [0, 0.05) is 35.5 Å². The van der Waals surface area contributed by atoms with Gasteiger partial charge in [-0.2, -0.15) is 0 Å². The Morgan fingerprint density at radius 2 is 1.96 bits per heavy atom. The predicted molar refractivity (Wildman–Crippen MR) is 104 cm³/mol. The van der Waals surface area contributed by atoms with E-state index in [9.17, 15) is 0 Å². The Bertz CT molecular complexity index is 1040. The van der Waals surface area contributed by atoms with Crippen LogP contribution in [-0.4, -0.2) is 29.9 Å². The molecule has 0 bridgehead atoms. The Hall–Kier alpha value is -2.67. The molecular formula is C19H22N4O2S. The van der Waals surface area contributed by atoms with Crippen molar-refractivity contribution >= 4 is 20.5 Å². The van der Waals surface area contributed by atoms with E-state index in [1.54, 1.807) is 19.5 Å². The monoisotopic (exact) mass is 370 g/mol. The van der Waals surface area contributed by atoms with E-state index >= 15 is 0 Å². The normalized spacial score (nSPS) is 13.2. The van der Waals surface area contributed by atoms with Crippen LogP contribution in [-0.2, 0) is 16.2 Å². The summed E-state index contributed by atoms with van der Waals surface area (Å²) in [5, 5.41) is 0.854. The van der Waals surface area contributed by atoms with Crippen LogP contribution in [0.3, 0.4) is 0 Å². The molecule has 136 valence electrons. The summed E-state index contributed by atoms with van der Waals surface area (Å²) in [6.07, 6.45) is 5.24. The van der Waals surface area contributed by atoms with Crippen LogP contribution in [0.5, 0.6) is 11.6 Å². The van der Waals surface area contributed by atoms with Crippen molar-refractivity contribution in [3.05, 3.63) is 54.4 Å². The summed E-state index contributed by atoms with van der Waals surface area (Å²) in [5.74, 6) is 1.20. The van der Waals surface area contributed by atoms with Crippen molar-refractivity contribution in [2.24, 2.45) is 4.36 Å². The van der Waals surface area contributed by atoms with Gasteiger partial charge in [-0.15, -0.1) is 0 Å². The number of ether oxygens (including phenoxy) is 2. The van der Waals surface area contributed by atoms with Crippen LogP contribution < -0.4 is 9.47 Å². The Balaban J connectivity index is 1.88. The lowest BCUT2D eigenvalue weighted by atomic mass is 10.2. The van der Waals surface area contributed by atoms with E-state index in [0.29, 0.717) is 24.5 Å². The van der Waals surface area contributed by atoms with Crippen molar-refractivity contribution in [1.29, 1.82) is 4.78 Å². The lowest BCUT2D eigenvalue weighted by Gasteiger charge is -2.12. The summed E-state index contributed by atoms with van der Waals surface area (Å²) in [6.45, 7) is 3.01. The van der Waals surface area contributed by atoms with E-state index in [0.717, 1.165) is 21.6 Å². The van der Waals surface area contributed by atoms with E-state index in [1.165, 1.54) is 0 Å². The van der Waals surface area contributed by atoms with Gasteiger partial charge < -0.3 is 9.47 Å². The van der Waals surface area contributed by atoms with E-state index < -0.39 is 9.62 Å². The molecule has 0 aliphatic carbocycles. The number of hydrogen-bond donors (Lipinski definition) is 1. The minimum Gasteiger partial charge on any atom is -0.488 e. The van der Waals surface area contributed by atoms with E-state index in [2.05, 4.69) is 14.3 Å². The largest absolute Gasteiger partial charge is 0.488 e. The molecule has 6 nitrogen and oxygen atoms in total. The molecule has 0 aliphatic rings. The van der Waals surface area contributed by atoms with E-state index in [4.69, 9.17) is 14.3 Å². The van der Waals surface area contributed by atoms with Crippen molar-refractivity contribution in [2.45, 2.75) is 18.4 Å². The fraction of sp³-hybridized carbons (Fsp3) is 0.263. The maximum atomic E-state index is 8.46. The van der Waals surface area contributed by atoms with Crippen molar-refractivity contribution in [2.75, 3.05) is 19.9 Å². The SMILES string of the molecule is CCN=S(C)(=N)c1cccc(COc2ccnc3c(OC)nccc23)c1. The van der Waals surface area contributed by atoms with Gasteiger partial charge in [0.15, 0.2) is 0 Å². The standard InChI is InChI=1S/C19H22N4O2S/c1-4-23-26(3,20)15-7-5-6-14(12-15)13-25-17-9-11-21-18-16(17)8-10-22-19(18)24-2/h5-12,20H,4,13H2,1-3H3. The van der Waals surface area contributed by atoms with E-state index in [1.807, 2.05) is 49.6 Å². The molecule has 0 saturated carbocycles. The smallest absolute Gasteiger partial charge is 0.240 e. The molecule has 1 aromatic carbocycles. The molecule has 0 aliphatic heterocycles. The van der Waals surface area contributed by atoms with Gasteiger partial charge in [-0.1, -0.05) is 12.1 Å². The van der Waals surface area contributed by atoms with Crippen LogP contribution in [0.15, 0.2) is 58.1 Å². The maximum Gasteiger partial charge on any atom is 0.240 e. The van der Waals surface area contributed by atoms with Crippen LogP contribution in [0.4, 0.5) is 0 Å². The fourth-order valence-corrected chi connectivity index (χ4v) is 4.07. The van der Waals surface area contributed by atoms with Crippen molar-refractivity contribution in [3.8, 4) is 11.6 Å². The number of methoxy groups -OCH3 is 1. The lowest BCUT2D eigenvalue weighted by Crippen LogP contribution is -2.01. The molecule has 0 fully saturated rings. The summed E-state index contributed by atoms with van der Waals surface area (Å²) < 4.78 is 24.2. The van der Waals surface area contributed by atoms with Crippen LogP contribution in [0.1, 0.15) is 12.5 Å². The second-order valence-corrected chi connectivity index (χ2v) is 8.26. The molecule has 0 saturated heterocycles. The van der Waals surface area contributed by atoms with Crippen molar-refractivity contribution in [1.82, 2.24) is 9.97 Å². The number of fused-ring (bicyclic) bond motifs is 1. The quantitative estimate of drug-likeness (QED) is 0.700. The van der Waals surface area contributed by atoms with Gasteiger partial charge in [0.05, 0.1) is 7.11 Å². The van der Waals surface area contributed by atoms with Gasteiger partial charge in [-0.3, -0.25) is 14.1 Å². The minimum absolute atomic E-state index is 0.402. The summed E-state index contributed by atoms with van der Waals surface area (Å²) in [4.78, 5) is 9.44. The average molecular weight is 370 g/mol. The Morgan fingerprint density at radius 3 is 2.73 bits per heavy atom. The molecule has 2 heterocycles. The van der Waals surface area contributed by atoms with Crippen molar-refractivity contribution in [3.63, 3.8) is 0 Å². The average Bonchev–Trinajstić information content (AvgIpc) is 2.66. The molecule has 0 radical (unpaired) electrons. The number of nitrogens with one attached hydrogen (secondary N) is 1. The van der Waals surface area contributed by atoms with E-state index in [-0.39, 0.29) is 0 Å². The zero-order chi connectivity index (χ0) is 18.6. The second-order valence-electron chi connectivity index (χ2n) is 5.78. The van der Waals surface area contributed by atoms with Gasteiger partial charge in [0.2, 0.25) is 5.88 Å². The molecule has 1 unspecified atom stereocenters. The number of rotatable bonds is 6. The highest BCUT2D eigenvalue weighted by Gasteiger charge is 2.09. The highest BCUT2D eigenvalue weighted by Crippen LogP contribution is 2.29. The third-order valence-electron chi connectivity index (χ3n) is 3.92. The number of nitrogens with zero attached hydrogens (tertiary/aromatic N) is 3. The molecular weight excluding hydrogens is 348 g/mol. The van der Waals surface area contributed by atoms with Crippen LogP contribution in [0.2, 0.25) is 0 Å². The van der Waals surface area contributed by atoms with Crippen LogP contribution >= 0.6 is 0 Å². The third kappa shape index (κ3) is 3.77. The summed E-state index contributed by atoms with van der Waals surface area (Å²) in [5.41, 5.74) is 1.68. The first-order valence-corrected chi connectivity index (χ1v) is 10.3. The summed E-state index contributed by atoms with van der Waals surface area (Å²) in [7, 11) is -0.301. The maximum absolute atomic E-state index is 8.46. The Morgan fingerprint density at radius 1 is 1.15 bits per heavy atom. The Labute approximate surface area is 153 Å². The van der Waals surface area contributed by atoms with Gasteiger partial charge in [-0.25, -0.2) is 4.98 Å². The first-order chi connectivity index (χ1) is 12.5. The molecule has 0 amide bonds. The van der Waals surface area contributed by atoms with Crippen LogP contribution in [0.25, 0.3) is 10.9 Å². The number of aromatic nitrogens is 2. The highest BCUT2D eigenvalue weighted by molar-refractivity contribution is 7.94. The first-order valence-electron chi connectivity index (χ1n) is 8.26. The van der Waals surface area contributed by atoms with Gasteiger partial charge >= 0.3 is 0 Å². The fourth-order valence-electron chi connectivity index (χ4n) is 2.68. The van der Waals surface area contributed by atoms with Crippen LogP contribution in [0, 0.1) is 4.78 Å². The van der Waals surface area contributed by atoms with Crippen molar-refractivity contribution < 1.29 is 9.47 Å². The molecule has 0 spiro atoms. The molecule has 1 atom stereocenters. The molecule has 7 heteroatoms. The minimum atomic E-state index is -1.87. The zero-order valence-electron chi connectivity index (χ0n) is 15.1. The second kappa shape index (κ2) is 7.70. The lowest BCUT2D eigenvalue weighted by molar-refractivity contribution is 0.309. The Kier molecular flexibility index (Phi) is 5.37. The van der Waals surface area contributed by atoms with Gasteiger partial charge in [-0.05, 0) is 46.4 Å². The molecule has 1 N–H and O–H groups in total. The zero-order valence-corrected chi connectivity index (χ0v) is 15.9. The number of pyridine rings is 2.